The molecule has 1 aliphatic rings. The summed E-state index contributed by atoms with van der Waals surface area (Å²) >= 11 is 0. The molecule has 0 radical (unpaired) electrons. The fourth-order valence-electron chi connectivity index (χ4n) is 3.66. The quantitative estimate of drug-likeness (QED) is 0.369. The summed E-state index contributed by atoms with van der Waals surface area (Å²) in [5, 5.41) is 2.90. The summed E-state index contributed by atoms with van der Waals surface area (Å²) in [5.74, 6) is 1.83. The van der Waals surface area contributed by atoms with Gasteiger partial charge >= 0.3 is 0 Å². The molecule has 8 nitrogen and oxygen atoms in total. The zero-order valence-electron chi connectivity index (χ0n) is 19.1. The number of nitrogens with one attached hydrogen (secondary N) is 1. The molecule has 0 aliphatic carbocycles. The average Bonchev–Trinajstić information content (AvgIpc) is 3.34. The van der Waals surface area contributed by atoms with Gasteiger partial charge in [-0.05, 0) is 48.9 Å². The highest BCUT2D eigenvalue weighted by molar-refractivity contribution is 7.91. The Morgan fingerprint density at radius 2 is 1.69 bits per heavy atom. The number of anilines is 1. The van der Waals surface area contributed by atoms with Crippen molar-refractivity contribution in [3.8, 4) is 28.7 Å². The molecule has 1 N–H and O–H groups in total. The van der Waals surface area contributed by atoms with E-state index >= 15 is 0 Å². The number of nitrogens with zero attached hydrogens (tertiary/aromatic N) is 1. The molecular weight excluding hydrogens is 468 g/mol. The van der Waals surface area contributed by atoms with Gasteiger partial charge in [0.2, 0.25) is 26.6 Å². The zero-order valence-corrected chi connectivity index (χ0v) is 19.9. The van der Waals surface area contributed by atoms with Crippen LogP contribution >= 0.6 is 0 Å². The van der Waals surface area contributed by atoms with Crippen LogP contribution in [0.15, 0.2) is 87.1 Å². The number of oxazole rings is 1. The van der Waals surface area contributed by atoms with Crippen molar-refractivity contribution in [1.29, 1.82) is 0 Å². The molecule has 0 bridgehead atoms. The second kappa shape index (κ2) is 9.71. The van der Waals surface area contributed by atoms with Gasteiger partial charge in [0.25, 0.3) is 0 Å². The Hall–Kier alpha value is -3.98. The van der Waals surface area contributed by atoms with Gasteiger partial charge in [0.1, 0.15) is 19.0 Å². The molecule has 0 fully saturated rings. The number of hydrogen-bond acceptors (Lipinski definition) is 8. The van der Waals surface area contributed by atoms with Gasteiger partial charge < -0.3 is 23.9 Å². The van der Waals surface area contributed by atoms with Crippen molar-refractivity contribution in [2.75, 3.05) is 25.1 Å². The summed E-state index contributed by atoms with van der Waals surface area (Å²) in [6.07, 6.45) is 0. The van der Waals surface area contributed by atoms with E-state index in [0.29, 0.717) is 49.2 Å². The van der Waals surface area contributed by atoms with Gasteiger partial charge in [-0.25, -0.2) is 8.42 Å². The second-order valence-corrected chi connectivity index (χ2v) is 9.62. The van der Waals surface area contributed by atoms with Crippen molar-refractivity contribution in [3.63, 3.8) is 0 Å². The summed E-state index contributed by atoms with van der Waals surface area (Å²) in [7, 11) is -4.04. The first-order valence-electron chi connectivity index (χ1n) is 11.2. The van der Waals surface area contributed by atoms with Gasteiger partial charge in [-0.1, -0.05) is 30.3 Å². The molecule has 35 heavy (non-hydrogen) atoms. The van der Waals surface area contributed by atoms with E-state index in [0.717, 1.165) is 5.56 Å². The predicted octanol–water partition coefficient (Wildman–Crippen LogP) is 4.96. The van der Waals surface area contributed by atoms with Gasteiger partial charge in [-0.3, -0.25) is 0 Å². The summed E-state index contributed by atoms with van der Waals surface area (Å²) < 4.78 is 49.8. The van der Waals surface area contributed by atoms with Gasteiger partial charge in [-0.15, -0.1) is 0 Å². The van der Waals surface area contributed by atoms with Crippen LogP contribution in [0.5, 0.6) is 17.2 Å². The van der Waals surface area contributed by atoms with E-state index in [1.807, 2.05) is 37.3 Å². The largest absolute Gasteiger partial charge is 0.494 e. The van der Waals surface area contributed by atoms with E-state index in [9.17, 15) is 8.42 Å². The third-order valence-corrected chi connectivity index (χ3v) is 7.04. The van der Waals surface area contributed by atoms with Crippen molar-refractivity contribution in [1.82, 2.24) is 4.98 Å². The molecule has 180 valence electrons. The predicted molar refractivity (Wildman–Crippen MR) is 130 cm³/mol. The Labute approximate surface area is 203 Å². The standard InChI is InChI=1S/C26H24N2O6S/c1-2-31-20-10-8-19(9-11-20)24-28-26(25(34-24)27-17-18-6-4-3-5-7-18)35(29,30)21-12-13-22-23(16-21)33-15-14-32-22/h3-13,16,27H,2,14-15,17H2,1H3. The minimum absolute atomic E-state index is 0.0380. The van der Waals surface area contributed by atoms with E-state index < -0.39 is 9.84 Å². The van der Waals surface area contributed by atoms with E-state index in [2.05, 4.69) is 10.3 Å². The monoisotopic (exact) mass is 492 g/mol. The van der Waals surface area contributed by atoms with Crippen LogP contribution in [0, 0.1) is 0 Å². The Morgan fingerprint density at radius 3 is 2.43 bits per heavy atom. The lowest BCUT2D eigenvalue weighted by Gasteiger charge is -2.18. The first-order valence-corrected chi connectivity index (χ1v) is 12.7. The fraction of sp³-hybridized carbons (Fsp3) is 0.192. The van der Waals surface area contributed by atoms with Gasteiger partial charge in [0, 0.05) is 18.2 Å². The first kappa shape index (κ1) is 22.8. The molecule has 4 aromatic rings. The lowest BCUT2D eigenvalue weighted by molar-refractivity contribution is 0.171. The molecule has 1 aromatic heterocycles. The van der Waals surface area contributed by atoms with Gasteiger partial charge in [0.05, 0.1) is 11.5 Å². The molecule has 2 heterocycles. The Kier molecular flexibility index (Phi) is 6.33. The van der Waals surface area contributed by atoms with E-state index in [-0.39, 0.29) is 21.7 Å². The van der Waals surface area contributed by atoms with Crippen LogP contribution in [0.1, 0.15) is 12.5 Å². The zero-order chi connectivity index (χ0) is 24.3. The number of ether oxygens (including phenoxy) is 3. The van der Waals surface area contributed by atoms with Crippen LogP contribution in [0.4, 0.5) is 5.88 Å². The summed E-state index contributed by atoms with van der Waals surface area (Å²) in [4.78, 5) is 4.44. The Bertz CT molecular complexity index is 1420. The molecule has 0 spiro atoms. The van der Waals surface area contributed by atoms with E-state index in [1.165, 1.54) is 12.1 Å². The normalized spacial score (nSPS) is 12.8. The maximum atomic E-state index is 13.7. The Balaban J connectivity index is 1.53. The van der Waals surface area contributed by atoms with Crippen molar-refractivity contribution in [2.45, 2.75) is 23.4 Å². The molecule has 0 atom stereocenters. The third kappa shape index (κ3) is 4.81. The second-order valence-electron chi connectivity index (χ2n) is 7.76. The molecule has 9 heteroatoms. The molecule has 0 unspecified atom stereocenters. The number of hydrogen-bond donors (Lipinski definition) is 1. The lowest BCUT2D eigenvalue weighted by atomic mass is 10.2. The highest BCUT2D eigenvalue weighted by Gasteiger charge is 2.30. The van der Waals surface area contributed by atoms with Crippen LogP contribution < -0.4 is 19.5 Å². The minimum atomic E-state index is -4.04. The number of fused-ring (bicyclic) bond motifs is 1. The molecule has 5 rings (SSSR count). The molecule has 0 saturated carbocycles. The van der Waals surface area contributed by atoms with Crippen LogP contribution in [0.25, 0.3) is 11.5 Å². The maximum absolute atomic E-state index is 13.7. The fourth-order valence-corrected chi connectivity index (χ4v) is 4.96. The van der Waals surface area contributed by atoms with E-state index in [1.54, 1.807) is 30.3 Å². The number of sulfone groups is 1. The van der Waals surface area contributed by atoms with Crippen LogP contribution in [0.3, 0.4) is 0 Å². The third-order valence-electron chi connectivity index (χ3n) is 5.38. The van der Waals surface area contributed by atoms with Crippen molar-refractivity contribution < 1.29 is 27.0 Å². The molecule has 3 aromatic carbocycles. The number of aromatic nitrogens is 1. The van der Waals surface area contributed by atoms with Crippen LogP contribution in [-0.4, -0.2) is 33.2 Å². The van der Waals surface area contributed by atoms with Crippen LogP contribution in [0.2, 0.25) is 0 Å². The van der Waals surface area contributed by atoms with Crippen molar-refractivity contribution in [2.24, 2.45) is 0 Å². The lowest BCUT2D eigenvalue weighted by Crippen LogP contribution is -2.16. The highest BCUT2D eigenvalue weighted by atomic mass is 32.2. The molecular formula is C26H24N2O6S. The van der Waals surface area contributed by atoms with Gasteiger partial charge in [-0.2, -0.15) is 4.98 Å². The average molecular weight is 493 g/mol. The molecule has 1 aliphatic heterocycles. The maximum Gasteiger partial charge on any atom is 0.234 e. The van der Waals surface area contributed by atoms with Crippen molar-refractivity contribution >= 4 is 15.7 Å². The molecule has 0 amide bonds. The summed E-state index contributed by atoms with van der Waals surface area (Å²) in [6, 6.07) is 21.3. The summed E-state index contributed by atoms with van der Waals surface area (Å²) in [5.41, 5.74) is 1.59. The summed E-state index contributed by atoms with van der Waals surface area (Å²) in [6.45, 7) is 3.58. The number of benzene rings is 3. The first-order chi connectivity index (χ1) is 17.0. The van der Waals surface area contributed by atoms with Gasteiger partial charge in [0.15, 0.2) is 11.5 Å². The minimum Gasteiger partial charge on any atom is -0.494 e. The van der Waals surface area contributed by atoms with Crippen LogP contribution in [-0.2, 0) is 16.4 Å². The van der Waals surface area contributed by atoms with E-state index in [4.69, 9.17) is 18.6 Å². The smallest absolute Gasteiger partial charge is 0.234 e. The topological polar surface area (TPSA) is 99.9 Å². The van der Waals surface area contributed by atoms with Crippen molar-refractivity contribution in [3.05, 3.63) is 78.4 Å². The molecule has 0 saturated heterocycles. The number of rotatable bonds is 8. The highest BCUT2D eigenvalue weighted by Crippen LogP contribution is 2.37. The Morgan fingerprint density at radius 1 is 0.943 bits per heavy atom. The SMILES string of the molecule is CCOc1ccc(-c2nc(S(=O)(=O)c3ccc4c(c3)OCCO4)c(NCc3ccccc3)o2)cc1.